The molecule has 1 unspecified atom stereocenters. The monoisotopic (exact) mass is 935 g/mol. The van der Waals surface area contributed by atoms with Crippen LogP contribution in [0.5, 0.6) is 0 Å². The number of hydrogen-bond acceptors (Lipinski definition) is 2. The summed E-state index contributed by atoms with van der Waals surface area (Å²) < 4.78 is 0. The van der Waals surface area contributed by atoms with Crippen molar-refractivity contribution in [2.75, 3.05) is 10.2 Å². The van der Waals surface area contributed by atoms with E-state index in [1.807, 2.05) is 0 Å². The summed E-state index contributed by atoms with van der Waals surface area (Å²) in [6, 6.07) is 38.9. The zero-order chi connectivity index (χ0) is 50.2. The molecule has 0 spiro atoms. The van der Waals surface area contributed by atoms with E-state index in [9.17, 15) is 0 Å². The van der Waals surface area contributed by atoms with E-state index in [0.717, 1.165) is 25.1 Å². The summed E-state index contributed by atoms with van der Waals surface area (Å²) in [6.07, 6.45) is 11.0. The second-order valence-electron chi connectivity index (χ2n) is 27.9. The van der Waals surface area contributed by atoms with Crippen molar-refractivity contribution in [3.63, 3.8) is 0 Å². The molecule has 0 radical (unpaired) electrons. The fraction of sp³-hybridized carbons (Fsp3) is 0.441. The number of fused-ring (bicyclic) bond motifs is 12. The van der Waals surface area contributed by atoms with E-state index in [1.165, 1.54) is 133 Å². The molecule has 1 atom stereocenters. The molecule has 71 heavy (non-hydrogen) atoms. The smallest absolute Gasteiger partial charge is 0.169 e. The van der Waals surface area contributed by atoms with Gasteiger partial charge in [-0.05, 0) is 204 Å². The van der Waals surface area contributed by atoms with Crippen molar-refractivity contribution in [3.8, 4) is 11.1 Å². The minimum absolute atomic E-state index is 0.0392. The van der Waals surface area contributed by atoms with E-state index < -0.39 is 0 Å². The van der Waals surface area contributed by atoms with Crippen LogP contribution < -0.4 is 15.7 Å². The number of allylic oxidation sites excluding steroid dienone is 4. The van der Waals surface area contributed by atoms with E-state index in [0.29, 0.717) is 5.82 Å². The summed E-state index contributed by atoms with van der Waals surface area (Å²) in [4.78, 5) is 2.77. The molecule has 0 fully saturated rings. The lowest BCUT2D eigenvalue weighted by Crippen LogP contribution is -2.41. The van der Waals surface area contributed by atoms with Gasteiger partial charge in [-0.2, -0.15) is 0 Å². The Kier molecular flexibility index (Phi) is 9.98. The van der Waals surface area contributed by atoms with Gasteiger partial charge < -0.3 is 10.2 Å². The first-order valence-electron chi connectivity index (χ1n) is 27.5. The Morgan fingerprint density at radius 2 is 1.11 bits per heavy atom. The Morgan fingerprint density at radius 3 is 1.83 bits per heavy atom. The standard InChI is InChI=1S/C68H79BN2/c1-40-32-50-52(65(8,9)29-28-63(50,4)5)39-56(40)71(58-35-41-20-16-17-21-44(41)59-42-33-53-60(54(34-42)69-61(58)59)67(12,13)31-30-66(53,10)11)57-37-46-45-22-18-19-23-47(45)68(14,15)49(46)38-55(57)70-43-24-25-48-51(36-43)64(6,7)27-26-62(48,2)3/h16-25,32-33,35-39,54,69-70H,26-31,34H2,1-15H3. The third-order valence-corrected chi connectivity index (χ3v) is 19.9. The first-order chi connectivity index (χ1) is 33.3. The Labute approximate surface area is 428 Å². The van der Waals surface area contributed by atoms with Crippen LogP contribution in [-0.2, 0) is 27.1 Å². The van der Waals surface area contributed by atoms with Gasteiger partial charge in [0, 0.05) is 22.5 Å². The van der Waals surface area contributed by atoms with Crippen LogP contribution in [0.1, 0.15) is 186 Å². The maximum absolute atomic E-state index is 4.27. The van der Waals surface area contributed by atoms with Crippen molar-refractivity contribution in [3.05, 3.63) is 159 Å². The van der Waals surface area contributed by atoms with Gasteiger partial charge in [-0.15, -0.1) is 0 Å². The van der Waals surface area contributed by atoms with Crippen molar-refractivity contribution in [1.29, 1.82) is 0 Å². The predicted octanol–water partition coefficient (Wildman–Crippen LogP) is 18.2. The van der Waals surface area contributed by atoms with Crippen molar-refractivity contribution in [2.24, 2.45) is 10.8 Å². The van der Waals surface area contributed by atoms with E-state index in [1.54, 1.807) is 11.1 Å². The molecule has 2 bridgehead atoms. The van der Waals surface area contributed by atoms with Crippen molar-refractivity contribution < 1.29 is 0 Å². The quantitative estimate of drug-likeness (QED) is 0.173. The highest BCUT2D eigenvalue weighted by atomic mass is 15.2. The molecule has 6 aromatic carbocycles. The van der Waals surface area contributed by atoms with Crippen LogP contribution in [-0.4, -0.2) is 7.28 Å². The normalized spacial score (nSPS) is 22.7. The molecule has 1 aliphatic heterocycles. The molecule has 0 aromatic heterocycles. The van der Waals surface area contributed by atoms with Gasteiger partial charge >= 0.3 is 0 Å². The summed E-state index contributed by atoms with van der Waals surface area (Å²) in [5, 5.41) is 6.97. The van der Waals surface area contributed by atoms with Crippen molar-refractivity contribution >= 4 is 57.5 Å². The average Bonchev–Trinajstić information content (AvgIpc) is 3.53. The average molecular weight is 935 g/mol. The lowest BCUT2D eigenvalue weighted by atomic mass is 9.42. The first-order valence-corrected chi connectivity index (χ1v) is 27.5. The summed E-state index contributed by atoms with van der Waals surface area (Å²) >= 11 is 0. The van der Waals surface area contributed by atoms with Gasteiger partial charge in [0.2, 0.25) is 0 Å². The molecule has 6 aromatic rings. The SMILES string of the molecule is Cc1cc2c(cc1N(c1cc3c(cc1Nc1ccc4c(c1)C(C)(C)CCC4(C)C)C(C)(C)c1ccccc1-3)c1cc3ccccc3c3c1BC1CC3=CC3=C1C(C)(C)CCC3(C)C)C(C)(C)CCC2(C)C. The number of aryl methyl sites for hydroxylation is 1. The maximum atomic E-state index is 4.27. The summed E-state index contributed by atoms with van der Waals surface area (Å²) in [7, 11) is 1.03. The molecule has 0 amide bonds. The van der Waals surface area contributed by atoms with Gasteiger partial charge in [0.25, 0.3) is 0 Å². The van der Waals surface area contributed by atoms with Gasteiger partial charge in [0.05, 0.1) is 11.4 Å². The topological polar surface area (TPSA) is 15.3 Å². The zero-order valence-electron chi connectivity index (χ0n) is 46.0. The van der Waals surface area contributed by atoms with E-state index in [2.05, 4.69) is 217 Å². The second kappa shape index (κ2) is 15.1. The number of rotatable bonds is 5. The lowest BCUT2D eigenvalue weighted by molar-refractivity contribution is 0.259. The van der Waals surface area contributed by atoms with Crippen molar-refractivity contribution in [2.45, 2.75) is 182 Å². The van der Waals surface area contributed by atoms with Gasteiger partial charge in [0.1, 0.15) is 0 Å². The van der Waals surface area contributed by atoms with E-state index in [-0.39, 0.29) is 37.9 Å². The molecule has 12 rings (SSSR count). The Bertz CT molecular complexity index is 3340. The molecule has 0 saturated heterocycles. The molecule has 5 aliphatic carbocycles. The third kappa shape index (κ3) is 7.00. The predicted molar refractivity (Wildman–Crippen MR) is 308 cm³/mol. The molecule has 1 N–H and O–H groups in total. The number of nitrogens with one attached hydrogen (secondary N) is 1. The Hall–Kier alpha value is -5.28. The van der Waals surface area contributed by atoms with Gasteiger partial charge in [0.15, 0.2) is 7.28 Å². The first kappa shape index (κ1) is 46.8. The van der Waals surface area contributed by atoms with Crippen molar-refractivity contribution in [1.82, 2.24) is 0 Å². The lowest BCUT2D eigenvalue weighted by Gasteiger charge is -2.50. The second-order valence-corrected chi connectivity index (χ2v) is 27.9. The molecule has 3 heteroatoms. The van der Waals surface area contributed by atoms with Crippen LogP contribution in [0.2, 0.25) is 5.82 Å². The van der Waals surface area contributed by atoms with E-state index >= 15 is 0 Å². The van der Waals surface area contributed by atoms with Crippen LogP contribution in [0.25, 0.3) is 27.5 Å². The van der Waals surface area contributed by atoms with Crippen LogP contribution in [0.4, 0.5) is 28.4 Å². The number of anilines is 5. The molecule has 364 valence electrons. The van der Waals surface area contributed by atoms with Crippen LogP contribution in [0.15, 0.2) is 114 Å². The van der Waals surface area contributed by atoms with Gasteiger partial charge in [-0.25, -0.2) is 0 Å². The fourth-order valence-corrected chi connectivity index (χ4v) is 15.2. The molecular weight excluding hydrogens is 856 g/mol. The summed E-state index contributed by atoms with van der Waals surface area (Å²) in [6.45, 7) is 37.1. The molecule has 0 saturated carbocycles. The molecule has 6 aliphatic rings. The zero-order valence-corrected chi connectivity index (χ0v) is 46.0. The Balaban J connectivity index is 1.18. The number of nitrogens with zero attached hydrogens (tertiary/aromatic N) is 1. The highest BCUT2D eigenvalue weighted by Crippen LogP contribution is 2.61. The highest BCUT2D eigenvalue weighted by molar-refractivity contribution is 6.61. The van der Waals surface area contributed by atoms with Crippen LogP contribution in [0, 0.1) is 17.8 Å². The molecule has 1 heterocycles. The van der Waals surface area contributed by atoms with Gasteiger partial charge in [-0.1, -0.05) is 175 Å². The third-order valence-electron chi connectivity index (χ3n) is 19.9. The number of benzene rings is 6. The maximum Gasteiger partial charge on any atom is 0.169 e. The highest BCUT2D eigenvalue weighted by Gasteiger charge is 2.47. The molecular formula is C68H79BN2. The van der Waals surface area contributed by atoms with Gasteiger partial charge in [-0.3, -0.25) is 0 Å². The Morgan fingerprint density at radius 1 is 0.507 bits per heavy atom. The molecule has 2 nitrogen and oxygen atoms in total. The van der Waals surface area contributed by atoms with E-state index in [4.69, 9.17) is 0 Å². The minimum atomic E-state index is -0.164. The summed E-state index contributed by atoms with van der Waals surface area (Å²) in [5.74, 6) is 0.464. The van der Waals surface area contributed by atoms with Crippen LogP contribution >= 0.6 is 0 Å². The number of hydrogen-bond donors (Lipinski definition) is 1. The summed E-state index contributed by atoms with van der Waals surface area (Å²) in [5.41, 5.74) is 27.3. The van der Waals surface area contributed by atoms with Crippen LogP contribution in [0.3, 0.4) is 0 Å². The minimum Gasteiger partial charge on any atom is -0.354 e. The largest absolute Gasteiger partial charge is 0.354 e. The fourth-order valence-electron chi connectivity index (χ4n) is 15.2.